The monoisotopic (exact) mass is 379 g/mol. The maximum absolute atomic E-state index is 14.1. The average Bonchev–Trinajstić information content (AvgIpc) is 3.32. The Kier molecular flexibility index (Phi) is 5.90. The summed E-state index contributed by atoms with van der Waals surface area (Å²) in [5.74, 6) is -0.439. The zero-order chi connectivity index (χ0) is 17.2. The molecule has 3 heterocycles. The summed E-state index contributed by atoms with van der Waals surface area (Å²) in [7, 11) is 0. The van der Waals surface area contributed by atoms with Crippen LogP contribution in [0.15, 0.2) is 30.5 Å². The lowest BCUT2D eigenvalue weighted by molar-refractivity contribution is 0.0774. The number of aromatic amines is 1. The summed E-state index contributed by atoms with van der Waals surface area (Å²) in [4.78, 5) is 17.3. The van der Waals surface area contributed by atoms with Crippen molar-refractivity contribution >= 4 is 18.3 Å². The number of hydrogen-bond donors (Lipinski definition) is 2. The van der Waals surface area contributed by atoms with Crippen LogP contribution in [0, 0.1) is 5.82 Å². The SMILES string of the molecule is Cl.O=C(c1cn[nH]c1-c1ccccc1F)N1CCC(N2CCNCC2)C1. The summed E-state index contributed by atoms with van der Waals surface area (Å²) in [5, 5.41) is 10.1. The molecule has 1 amide bonds. The van der Waals surface area contributed by atoms with Gasteiger partial charge in [0.15, 0.2) is 0 Å². The number of carbonyl (C=O) groups excluding carboxylic acids is 1. The van der Waals surface area contributed by atoms with Crippen molar-refractivity contribution in [2.24, 2.45) is 0 Å². The van der Waals surface area contributed by atoms with Crippen LogP contribution in [0.25, 0.3) is 11.3 Å². The first-order valence-electron chi connectivity index (χ1n) is 8.76. The fourth-order valence-corrected chi connectivity index (χ4v) is 3.76. The highest BCUT2D eigenvalue weighted by Gasteiger charge is 2.32. The van der Waals surface area contributed by atoms with Crippen LogP contribution in [-0.4, -0.2) is 71.2 Å². The van der Waals surface area contributed by atoms with Crippen LogP contribution in [0.5, 0.6) is 0 Å². The van der Waals surface area contributed by atoms with Crippen LogP contribution < -0.4 is 5.32 Å². The van der Waals surface area contributed by atoms with E-state index in [1.165, 1.54) is 12.3 Å². The summed E-state index contributed by atoms with van der Waals surface area (Å²) in [6.45, 7) is 5.51. The molecule has 1 unspecified atom stereocenters. The van der Waals surface area contributed by atoms with Gasteiger partial charge in [-0.15, -0.1) is 12.4 Å². The van der Waals surface area contributed by atoms with Gasteiger partial charge in [-0.1, -0.05) is 12.1 Å². The Balaban J connectivity index is 0.00000196. The fourth-order valence-electron chi connectivity index (χ4n) is 3.76. The summed E-state index contributed by atoms with van der Waals surface area (Å²) < 4.78 is 14.1. The van der Waals surface area contributed by atoms with Crippen molar-refractivity contribution in [1.29, 1.82) is 0 Å². The first-order chi connectivity index (χ1) is 12.2. The third kappa shape index (κ3) is 3.60. The van der Waals surface area contributed by atoms with Crippen molar-refractivity contribution in [3.8, 4) is 11.3 Å². The number of H-pyrrole nitrogens is 1. The van der Waals surface area contributed by atoms with Crippen LogP contribution >= 0.6 is 12.4 Å². The molecule has 8 heteroatoms. The Bertz CT molecular complexity index is 762. The molecule has 0 saturated carbocycles. The van der Waals surface area contributed by atoms with E-state index >= 15 is 0 Å². The Morgan fingerprint density at radius 3 is 2.73 bits per heavy atom. The number of halogens is 2. The first-order valence-corrected chi connectivity index (χ1v) is 8.76. The van der Waals surface area contributed by atoms with Crippen LogP contribution in [0.1, 0.15) is 16.8 Å². The number of hydrogen-bond acceptors (Lipinski definition) is 4. The van der Waals surface area contributed by atoms with Gasteiger partial charge in [0.05, 0.1) is 17.5 Å². The number of nitrogens with one attached hydrogen (secondary N) is 2. The summed E-state index contributed by atoms with van der Waals surface area (Å²) in [5.41, 5.74) is 1.26. The smallest absolute Gasteiger partial charge is 0.257 e. The maximum Gasteiger partial charge on any atom is 0.257 e. The van der Waals surface area contributed by atoms with E-state index in [0.717, 1.165) is 45.7 Å². The molecule has 2 saturated heterocycles. The van der Waals surface area contributed by atoms with Gasteiger partial charge in [-0.2, -0.15) is 5.10 Å². The molecular formula is C18H23ClFN5O. The molecule has 6 nitrogen and oxygen atoms in total. The largest absolute Gasteiger partial charge is 0.337 e. The summed E-state index contributed by atoms with van der Waals surface area (Å²) >= 11 is 0. The van der Waals surface area contributed by atoms with E-state index in [4.69, 9.17) is 0 Å². The third-order valence-corrected chi connectivity index (χ3v) is 5.13. The fraction of sp³-hybridized carbons (Fsp3) is 0.444. The lowest BCUT2D eigenvalue weighted by Gasteiger charge is -2.32. The van der Waals surface area contributed by atoms with Crippen molar-refractivity contribution in [3.63, 3.8) is 0 Å². The zero-order valence-corrected chi connectivity index (χ0v) is 15.3. The number of carbonyl (C=O) groups is 1. The second-order valence-electron chi connectivity index (χ2n) is 6.62. The molecule has 2 aromatic rings. The minimum atomic E-state index is -0.360. The summed E-state index contributed by atoms with van der Waals surface area (Å²) in [6.07, 6.45) is 2.49. The number of benzene rings is 1. The van der Waals surface area contributed by atoms with E-state index in [9.17, 15) is 9.18 Å². The first kappa shape index (κ1) is 18.8. The molecule has 2 N–H and O–H groups in total. The normalized spacial score (nSPS) is 20.8. The number of amides is 1. The third-order valence-electron chi connectivity index (χ3n) is 5.13. The van der Waals surface area contributed by atoms with E-state index in [2.05, 4.69) is 20.4 Å². The molecule has 1 atom stereocenters. The highest BCUT2D eigenvalue weighted by atomic mass is 35.5. The topological polar surface area (TPSA) is 64.3 Å². The molecule has 2 aliphatic heterocycles. The molecule has 4 rings (SSSR count). The Morgan fingerprint density at radius 1 is 1.19 bits per heavy atom. The molecule has 140 valence electrons. The predicted octanol–water partition coefficient (Wildman–Crippen LogP) is 1.76. The molecule has 1 aromatic heterocycles. The number of rotatable bonds is 3. The van der Waals surface area contributed by atoms with Gasteiger partial charge in [0, 0.05) is 50.9 Å². The molecule has 1 aromatic carbocycles. The second kappa shape index (κ2) is 8.16. The molecule has 0 spiro atoms. The number of nitrogens with zero attached hydrogens (tertiary/aromatic N) is 3. The molecule has 2 aliphatic rings. The molecular weight excluding hydrogens is 357 g/mol. The van der Waals surface area contributed by atoms with Gasteiger partial charge in [0.2, 0.25) is 0 Å². The van der Waals surface area contributed by atoms with Gasteiger partial charge in [-0.25, -0.2) is 4.39 Å². The molecule has 0 radical (unpaired) electrons. The van der Waals surface area contributed by atoms with Crippen LogP contribution in [0.3, 0.4) is 0 Å². The van der Waals surface area contributed by atoms with E-state index in [1.807, 2.05) is 4.90 Å². The molecule has 2 fully saturated rings. The van der Waals surface area contributed by atoms with Crippen molar-refractivity contribution < 1.29 is 9.18 Å². The van der Waals surface area contributed by atoms with E-state index in [1.54, 1.807) is 18.2 Å². The number of piperazine rings is 1. The maximum atomic E-state index is 14.1. The van der Waals surface area contributed by atoms with Crippen molar-refractivity contribution in [2.45, 2.75) is 12.5 Å². The summed E-state index contributed by atoms with van der Waals surface area (Å²) in [6, 6.07) is 6.85. The van der Waals surface area contributed by atoms with Gasteiger partial charge in [0.25, 0.3) is 5.91 Å². The van der Waals surface area contributed by atoms with E-state index < -0.39 is 0 Å². The van der Waals surface area contributed by atoms with Crippen molar-refractivity contribution in [1.82, 2.24) is 25.3 Å². The average molecular weight is 380 g/mol. The highest BCUT2D eigenvalue weighted by Crippen LogP contribution is 2.26. The van der Waals surface area contributed by atoms with Crippen molar-refractivity contribution in [2.75, 3.05) is 39.3 Å². The Labute approximate surface area is 158 Å². The van der Waals surface area contributed by atoms with Gasteiger partial charge >= 0.3 is 0 Å². The van der Waals surface area contributed by atoms with E-state index in [0.29, 0.717) is 22.9 Å². The quantitative estimate of drug-likeness (QED) is 0.853. The molecule has 0 aliphatic carbocycles. The lowest BCUT2D eigenvalue weighted by atomic mass is 10.1. The zero-order valence-electron chi connectivity index (χ0n) is 14.4. The van der Waals surface area contributed by atoms with Gasteiger partial charge in [-0.05, 0) is 18.6 Å². The minimum absolute atomic E-state index is 0. The minimum Gasteiger partial charge on any atom is -0.337 e. The Morgan fingerprint density at radius 2 is 1.96 bits per heavy atom. The van der Waals surface area contributed by atoms with Gasteiger partial charge < -0.3 is 10.2 Å². The standard InChI is InChI=1S/C18H22FN5O.ClH/c19-16-4-2-1-3-14(16)17-15(11-21-22-17)18(25)24-8-5-13(12-24)23-9-6-20-7-10-23;/h1-4,11,13,20H,5-10,12H2,(H,21,22);1H. The predicted molar refractivity (Wildman–Crippen MR) is 100.0 cm³/mol. The highest BCUT2D eigenvalue weighted by molar-refractivity contribution is 6.00. The van der Waals surface area contributed by atoms with Gasteiger partial charge in [-0.3, -0.25) is 14.8 Å². The van der Waals surface area contributed by atoms with Crippen LogP contribution in [0.4, 0.5) is 4.39 Å². The number of likely N-dealkylation sites (tertiary alicyclic amines) is 1. The van der Waals surface area contributed by atoms with Crippen molar-refractivity contribution in [3.05, 3.63) is 41.8 Å². The van der Waals surface area contributed by atoms with Crippen LogP contribution in [0.2, 0.25) is 0 Å². The van der Waals surface area contributed by atoms with E-state index in [-0.39, 0.29) is 24.1 Å². The van der Waals surface area contributed by atoms with Gasteiger partial charge in [0.1, 0.15) is 5.82 Å². The number of aromatic nitrogens is 2. The Hall–Kier alpha value is -1.96. The molecule has 0 bridgehead atoms. The molecule has 26 heavy (non-hydrogen) atoms. The van der Waals surface area contributed by atoms with Crippen LogP contribution in [-0.2, 0) is 0 Å². The second-order valence-corrected chi connectivity index (χ2v) is 6.62. The lowest BCUT2D eigenvalue weighted by Crippen LogP contribution is -2.49.